The highest BCUT2D eigenvalue weighted by molar-refractivity contribution is 9.09. The van der Waals surface area contributed by atoms with Crippen LogP contribution < -0.4 is 4.90 Å². The number of alkyl halides is 1. The van der Waals surface area contributed by atoms with E-state index < -0.39 is 28.6 Å². The molecule has 3 unspecified atom stereocenters. The Morgan fingerprint density at radius 1 is 1.41 bits per heavy atom. The molecule has 0 saturated carbocycles. The summed E-state index contributed by atoms with van der Waals surface area (Å²) >= 11 is 11.5. The third kappa shape index (κ3) is 3.48. The Hall–Kier alpha value is -1.55. The molecular formula is C22H24BrClN2O5S. The lowest BCUT2D eigenvalue weighted by Crippen LogP contribution is -2.55. The van der Waals surface area contributed by atoms with Crippen LogP contribution in [-0.2, 0) is 14.4 Å². The molecule has 3 aliphatic heterocycles. The average molecular weight is 544 g/mol. The third-order valence-corrected chi connectivity index (χ3v) is 10.1. The molecule has 172 valence electrons. The number of fused-ring (bicyclic) bond motifs is 1. The molecule has 1 aromatic rings. The predicted octanol–water partition coefficient (Wildman–Crippen LogP) is 2.79. The SMILES string of the molecule is C=CCN(C(=O)C1N(CCCO)C(=O)[C@@H]2[C@H](C(=O)O)[C@H]3SC12CC3Br)c1ccccc1Cl. The first kappa shape index (κ1) is 23.6. The van der Waals surface area contributed by atoms with E-state index >= 15 is 0 Å². The zero-order valence-electron chi connectivity index (χ0n) is 17.2. The van der Waals surface area contributed by atoms with Gasteiger partial charge < -0.3 is 20.0 Å². The zero-order valence-corrected chi connectivity index (χ0v) is 20.4. The molecule has 2 N–H and O–H groups in total. The van der Waals surface area contributed by atoms with Crippen molar-refractivity contribution in [1.29, 1.82) is 0 Å². The molecular weight excluding hydrogens is 520 g/mol. The summed E-state index contributed by atoms with van der Waals surface area (Å²) in [7, 11) is 0. The van der Waals surface area contributed by atoms with Crippen LogP contribution in [0.15, 0.2) is 36.9 Å². The van der Waals surface area contributed by atoms with E-state index in [0.717, 1.165) is 0 Å². The molecule has 2 amide bonds. The number of carboxylic acid groups (broad SMARTS) is 1. The first-order chi connectivity index (χ1) is 15.3. The van der Waals surface area contributed by atoms with Gasteiger partial charge in [0.05, 0.1) is 27.3 Å². The number of rotatable bonds is 8. The van der Waals surface area contributed by atoms with Crippen molar-refractivity contribution in [1.82, 2.24) is 4.90 Å². The standard InChI is InChI=1S/C22H24BrClN2O5S/c1-2-8-25(14-7-4-3-6-13(14)24)20(29)18-22-11-12(23)17(32-22)15(21(30)31)16(22)19(28)26(18)9-5-10-27/h2-4,6-7,12,15-18,27H,1,5,8-11H2,(H,30,31)/t12?,15-,16-,17-,18?,22?/m0/s1. The minimum absolute atomic E-state index is 0.112. The first-order valence-electron chi connectivity index (χ1n) is 10.4. The van der Waals surface area contributed by atoms with Crippen molar-refractivity contribution in [2.24, 2.45) is 11.8 Å². The Bertz CT molecular complexity index is 964. The van der Waals surface area contributed by atoms with Gasteiger partial charge in [0.15, 0.2) is 0 Å². The number of carbonyl (C=O) groups is 3. The van der Waals surface area contributed by atoms with Gasteiger partial charge in [-0.15, -0.1) is 18.3 Å². The number of hydrogen-bond donors (Lipinski definition) is 2. The van der Waals surface area contributed by atoms with E-state index in [2.05, 4.69) is 22.5 Å². The second kappa shape index (κ2) is 9.00. The fraction of sp³-hybridized carbons (Fsp3) is 0.500. The van der Waals surface area contributed by atoms with Gasteiger partial charge >= 0.3 is 5.97 Å². The molecule has 2 bridgehead atoms. The quantitative estimate of drug-likeness (QED) is 0.387. The first-order valence-corrected chi connectivity index (χ1v) is 12.6. The van der Waals surface area contributed by atoms with Crippen molar-refractivity contribution in [3.8, 4) is 0 Å². The van der Waals surface area contributed by atoms with Gasteiger partial charge in [0.2, 0.25) is 5.91 Å². The van der Waals surface area contributed by atoms with Crippen LogP contribution in [0.2, 0.25) is 5.02 Å². The highest BCUT2D eigenvalue weighted by atomic mass is 79.9. The number of para-hydroxylation sites is 1. The normalized spacial score (nSPS) is 32.8. The van der Waals surface area contributed by atoms with Crippen LogP contribution in [0.4, 0.5) is 5.69 Å². The number of aliphatic hydroxyl groups is 1. The number of hydrogen-bond acceptors (Lipinski definition) is 5. The lowest BCUT2D eigenvalue weighted by Gasteiger charge is -2.37. The fourth-order valence-electron chi connectivity index (χ4n) is 5.43. The van der Waals surface area contributed by atoms with Crippen LogP contribution in [0.1, 0.15) is 12.8 Å². The lowest BCUT2D eigenvalue weighted by molar-refractivity contribution is -0.148. The van der Waals surface area contributed by atoms with E-state index in [1.54, 1.807) is 30.3 Å². The van der Waals surface area contributed by atoms with Gasteiger partial charge in [-0.3, -0.25) is 14.4 Å². The number of nitrogens with zero attached hydrogens (tertiary/aromatic N) is 2. The summed E-state index contributed by atoms with van der Waals surface area (Å²) in [6.07, 6.45) is 2.41. The molecule has 3 saturated heterocycles. The molecule has 3 fully saturated rings. The lowest BCUT2D eigenvalue weighted by atomic mass is 9.71. The Morgan fingerprint density at radius 3 is 2.75 bits per heavy atom. The van der Waals surface area contributed by atoms with E-state index in [9.17, 15) is 24.6 Å². The molecule has 0 aliphatic carbocycles. The largest absolute Gasteiger partial charge is 0.481 e. The fourth-order valence-corrected chi connectivity index (χ4v) is 9.26. The Kier molecular flexibility index (Phi) is 6.64. The summed E-state index contributed by atoms with van der Waals surface area (Å²) in [6, 6.07) is 6.11. The highest BCUT2D eigenvalue weighted by Gasteiger charge is 2.76. The summed E-state index contributed by atoms with van der Waals surface area (Å²) in [4.78, 5) is 42.7. The number of likely N-dealkylation sites (tertiary alicyclic amines) is 1. The topological polar surface area (TPSA) is 98.2 Å². The molecule has 4 rings (SSSR count). The van der Waals surface area contributed by atoms with E-state index in [0.29, 0.717) is 23.6 Å². The second-order valence-electron chi connectivity index (χ2n) is 8.30. The van der Waals surface area contributed by atoms with E-state index in [1.165, 1.54) is 21.6 Å². The van der Waals surface area contributed by atoms with Gasteiger partial charge in [0.25, 0.3) is 5.91 Å². The maximum Gasteiger partial charge on any atom is 0.308 e. The molecule has 32 heavy (non-hydrogen) atoms. The molecule has 0 radical (unpaired) electrons. The number of aliphatic carboxylic acids is 1. The molecule has 0 aromatic heterocycles. The van der Waals surface area contributed by atoms with Crippen LogP contribution in [0.5, 0.6) is 0 Å². The van der Waals surface area contributed by atoms with Crippen LogP contribution in [0.3, 0.4) is 0 Å². The average Bonchev–Trinajstić information content (AvgIpc) is 3.34. The van der Waals surface area contributed by atoms with E-state index in [1.807, 2.05) is 0 Å². The molecule has 7 nitrogen and oxygen atoms in total. The monoisotopic (exact) mass is 542 g/mol. The Balaban J connectivity index is 1.81. The second-order valence-corrected chi connectivity index (χ2v) is 11.4. The van der Waals surface area contributed by atoms with Crippen LogP contribution in [0, 0.1) is 11.8 Å². The van der Waals surface area contributed by atoms with Gasteiger partial charge in [-0.2, -0.15) is 0 Å². The van der Waals surface area contributed by atoms with Crippen molar-refractivity contribution in [3.05, 3.63) is 41.9 Å². The molecule has 10 heteroatoms. The van der Waals surface area contributed by atoms with Crippen molar-refractivity contribution in [2.45, 2.75) is 33.7 Å². The summed E-state index contributed by atoms with van der Waals surface area (Å²) in [6.45, 7) is 4.00. The van der Waals surface area contributed by atoms with Gasteiger partial charge in [-0.25, -0.2) is 0 Å². The smallest absolute Gasteiger partial charge is 0.308 e. The number of halogens is 2. The van der Waals surface area contributed by atoms with Gasteiger partial charge in [-0.1, -0.05) is 45.7 Å². The molecule has 1 aromatic carbocycles. The van der Waals surface area contributed by atoms with Gasteiger partial charge in [0.1, 0.15) is 6.04 Å². The van der Waals surface area contributed by atoms with Crippen molar-refractivity contribution >= 4 is 62.8 Å². The number of carbonyl (C=O) groups excluding carboxylic acids is 2. The maximum absolute atomic E-state index is 14.1. The Morgan fingerprint density at radius 2 is 2.12 bits per heavy atom. The predicted molar refractivity (Wildman–Crippen MR) is 127 cm³/mol. The van der Waals surface area contributed by atoms with Crippen LogP contribution in [0.25, 0.3) is 0 Å². The number of carboxylic acids is 1. The number of anilines is 1. The molecule has 1 spiro atoms. The van der Waals surface area contributed by atoms with Crippen LogP contribution >= 0.6 is 39.3 Å². The zero-order chi connectivity index (χ0) is 23.2. The number of thioether (sulfide) groups is 1. The number of aliphatic hydroxyl groups excluding tert-OH is 1. The minimum atomic E-state index is -1.02. The summed E-state index contributed by atoms with van der Waals surface area (Å²) < 4.78 is -0.855. The van der Waals surface area contributed by atoms with Crippen molar-refractivity contribution in [3.63, 3.8) is 0 Å². The third-order valence-electron chi connectivity index (χ3n) is 6.59. The van der Waals surface area contributed by atoms with Crippen LogP contribution in [-0.4, -0.2) is 73.5 Å². The van der Waals surface area contributed by atoms with Crippen molar-refractivity contribution < 1.29 is 24.6 Å². The molecule has 6 atom stereocenters. The van der Waals surface area contributed by atoms with Gasteiger partial charge in [0, 0.05) is 29.8 Å². The van der Waals surface area contributed by atoms with E-state index in [-0.39, 0.29) is 41.6 Å². The molecule has 3 heterocycles. The highest BCUT2D eigenvalue weighted by Crippen LogP contribution is 2.67. The van der Waals surface area contributed by atoms with Crippen molar-refractivity contribution in [2.75, 3.05) is 24.6 Å². The Labute approximate surface area is 203 Å². The van der Waals surface area contributed by atoms with E-state index in [4.69, 9.17) is 11.6 Å². The number of benzene rings is 1. The maximum atomic E-state index is 14.1. The summed E-state index contributed by atoms with van der Waals surface area (Å²) in [5, 5.41) is 19.4. The minimum Gasteiger partial charge on any atom is -0.481 e. The number of amides is 2. The molecule has 3 aliphatic rings. The summed E-state index contributed by atoms with van der Waals surface area (Å²) in [5.74, 6) is -3.31. The van der Waals surface area contributed by atoms with Gasteiger partial charge in [-0.05, 0) is 25.0 Å². The summed E-state index contributed by atoms with van der Waals surface area (Å²) in [5.41, 5.74) is 0.510.